The van der Waals surface area contributed by atoms with E-state index in [-0.39, 0.29) is 55.4 Å². The molecule has 0 saturated carbocycles. The van der Waals surface area contributed by atoms with E-state index >= 15 is 0 Å². The van der Waals surface area contributed by atoms with E-state index in [1.807, 2.05) is 0 Å². The molecule has 0 aromatic heterocycles. The zero-order chi connectivity index (χ0) is 13.7. The number of carbonyl (C=O) groups excluding carboxylic acids is 4. The van der Waals surface area contributed by atoms with Gasteiger partial charge in [-0.05, 0) is 13.3 Å². The van der Waals surface area contributed by atoms with Crippen molar-refractivity contribution in [2.75, 3.05) is 13.1 Å². The zero-order valence-corrected chi connectivity index (χ0v) is 10.7. The van der Waals surface area contributed by atoms with E-state index < -0.39 is 0 Å². The van der Waals surface area contributed by atoms with Gasteiger partial charge in [-0.2, -0.15) is 0 Å². The quantitative estimate of drug-likeness (QED) is 0.669. The Hall–Kier alpha value is -1.72. The monoisotopic (exact) mass is 254 g/mol. The van der Waals surface area contributed by atoms with Gasteiger partial charge in [0.05, 0.1) is 6.54 Å². The van der Waals surface area contributed by atoms with Crippen LogP contribution in [0.5, 0.6) is 0 Å². The van der Waals surface area contributed by atoms with Gasteiger partial charge >= 0.3 is 0 Å². The van der Waals surface area contributed by atoms with Crippen LogP contribution >= 0.6 is 0 Å². The van der Waals surface area contributed by atoms with Crippen LogP contribution in [-0.4, -0.2) is 41.5 Å². The Morgan fingerprint density at radius 3 is 2.56 bits per heavy atom. The molecule has 0 spiro atoms. The smallest absolute Gasteiger partial charge is 0.232 e. The normalized spacial score (nSPS) is 19.2. The SMILES string of the molecule is CC(=O)CNC(=O)CCCN1C(=O)CC(C)C1=O. The van der Waals surface area contributed by atoms with Gasteiger partial charge in [0.1, 0.15) is 5.78 Å². The Morgan fingerprint density at radius 1 is 1.39 bits per heavy atom. The molecule has 18 heavy (non-hydrogen) atoms. The van der Waals surface area contributed by atoms with Crippen LogP contribution < -0.4 is 5.32 Å². The molecule has 100 valence electrons. The molecule has 6 nitrogen and oxygen atoms in total. The molecule has 0 aromatic carbocycles. The third-order valence-electron chi connectivity index (χ3n) is 2.79. The van der Waals surface area contributed by atoms with Crippen molar-refractivity contribution in [3.63, 3.8) is 0 Å². The molecule has 0 aliphatic carbocycles. The molecular weight excluding hydrogens is 236 g/mol. The van der Waals surface area contributed by atoms with Crippen LogP contribution in [0, 0.1) is 5.92 Å². The fourth-order valence-electron chi connectivity index (χ4n) is 1.79. The molecule has 1 fully saturated rings. The van der Waals surface area contributed by atoms with E-state index in [0.717, 1.165) is 0 Å². The summed E-state index contributed by atoms with van der Waals surface area (Å²) in [4.78, 5) is 46.2. The highest BCUT2D eigenvalue weighted by atomic mass is 16.2. The lowest BCUT2D eigenvalue weighted by Crippen LogP contribution is -2.33. The lowest BCUT2D eigenvalue weighted by atomic mass is 10.1. The van der Waals surface area contributed by atoms with Crippen molar-refractivity contribution in [2.24, 2.45) is 5.92 Å². The Morgan fingerprint density at radius 2 is 2.06 bits per heavy atom. The van der Waals surface area contributed by atoms with Crippen LogP contribution in [0.3, 0.4) is 0 Å². The highest BCUT2D eigenvalue weighted by Crippen LogP contribution is 2.18. The number of hydrogen-bond donors (Lipinski definition) is 1. The summed E-state index contributed by atoms with van der Waals surface area (Å²) in [5.41, 5.74) is 0. The fraction of sp³-hybridized carbons (Fsp3) is 0.667. The molecule has 6 heteroatoms. The van der Waals surface area contributed by atoms with E-state index in [4.69, 9.17) is 0 Å². The maximum atomic E-state index is 11.6. The average molecular weight is 254 g/mol. The number of amides is 3. The van der Waals surface area contributed by atoms with Crippen LogP contribution in [-0.2, 0) is 19.2 Å². The summed E-state index contributed by atoms with van der Waals surface area (Å²) in [5, 5.41) is 2.46. The van der Waals surface area contributed by atoms with Crippen molar-refractivity contribution in [3.8, 4) is 0 Å². The summed E-state index contributed by atoms with van der Waals surface area (Å²) in [7, 11) is 0. The number of nitrogens with one attached hydrogen (secondary N) is 1. The Labute approximate surface area is 106 Å². The summed E-state index contributed by atoms with van der Waals surface area (Å²) < 4.78 is 0. The van der Waals surface area contributed by atoms with Gasteiger partial charge in [0.2, 0.25) is 17.7 Å². The maximum Gasteiger partial charge on any atom is 0.232 e. The summed E-state index contributed by atoms with van der Waals surface area (Å²) in [6.45, 7) is 3.41. The van der Waals surface area contributed by atoms with E-state index in [2.05, 4.69) is 5.32 Å². The molecule has 1 rings (SSSR count). The van der Waals surface area contributed by atoms with Crippen molar-refractivity contribution in [3.05, 3.63) is 0 Å². The van der Waals surface area contributed by atoms with Crippen molar-refractivity contribution in [1.82, 2.24) is 10.2 Å². The first-order valence-electron chi connectivity index (χ1n) is 6.02. The Kier molecular flexibility index (Phi) is 5.00. The minimum absolute atomic E-state index is 0.0252. The molecule has 1 atom stereocenters. The average Bonchev–Trinajstić information content (AvgIpc) is 2.53. The topological polar surface area (TPSA) is 83.6 Å². The van der Waals surface area contributed by atoms with E-state index in [0.29, 0.717) is 6.42 Å². The Balaban J connectivity index is 2.25. The number of ketones is 1. The van der Waals surface area contributed by atoms with Gasteiger partial charge in [0.15, 0.2) is 0 Å². The predicted octanol–water partition coefficient (Wildman–Crippen LogP) is -0.133. The van der Waals surface area contributed by atoms with Gasteiger partial charge in [0, 0.05) is 25.3 Å². The number of Topliss-reactive ketones (excluding diaryl/α,β-unsaturated/α-hetero) is 1. The molecule has 0 bridgehead atoms. The first-order chi connectivity index (χ1) is 8.41. The standard InChI is InChI=1S/C12H18N2O4/c1-8-6-11(17)14(12(8)18)5-3-4-10(16)13-7-9(2)15/h8H,3-7H2,1-2H3,(H,13,16). The second-order valence-corrected chi connectivity index (χ2v) is 4.57. The number of carbonyl (C=O) groups is 4. The number of imide groups is 1. The molecular formula is C12H18N2O4. The molecule has 1 N–H and O–H groups in total. The van der Waals surface area contributed by atoms with Crippen molar-refractivity contribution in [2.45, 2.75) is 33.1 Å². The zero-order valence-electron chi connectivity index (χ0n) is 10.7. The lowest BCUT2D eigenvalue weighted by Gasteiger charge is -2.13. The third-order valence-corrected chi connectivity index (χ3v) is 2.79. The number of nitrogens with zero attached hydrogens (tertiary/aromatic N) is 1. The van der Waals surface area contributed by atoms with E-state index in [9.17, 15) is 19.2 Å². The van der Waals surface area contributed by atoms with Gasteiger partial charge in [-0.1, -0.05) is 6.92 Å². The number of rotatable bonds is 6. The maximum absolute atomic E-state index is 11.6. The summed E-state index contributed by atoms with van der Waals surface area (Å²) in [6.07, 6.45) is 0.891. The van der Waals surface area contributed by atoms with Crippen molar-refractivity contribution >= 4 is 23.5 Å². The Bertz CT molecular complexity index is 378. The summed E-state index contributed by atoms with van der Waals surface area (Å²) in [5.74, 6) is -0.927. The van der Waals surface area contributed by atoms with Crippen molar-refractivity contribution in [1.29, 1.82) is 0 Å². The predicted molar refractivity (Wildman–Crippen MR) is 63.4 cm³/mol. The molecule has 1 heterocycles. The molecule has 1 unspecified atom stereocenters. The molecule has 1 saturated heterocycles. The third kappa shape index (κ3) is 3.94. The highest BCUT2D eigenvalue weighted by Gasteiger charge is 2.34. The molecule has 0 aromatic rings. The molecule has 0 radical (unpaired) electrons. The minimum Gasteiger partial charge on any atom is -0.349 e. The van der Waals surface area contributed by atoms with Gasteiger partial charge in [-0.15, -0.1) is 0 Å². The largest absolute Gasteiger partial charge is 0.349 e. The molecule has 3 amide bonds. The molecule has 1 aliphatic heterocycles. The van der Waals surface area contributed by atoms with Crippen molar-refractivity contribution < 1.29 is 19.2 Å². The van der Waals surface area contributed by atoms with Crippen LogP contribution in [0.4, 0.5) is 0 Å². The first-order valence-corrected chi connectivity index (χ1v) is 6.02. The second kappa shape index (κ2) is 6.28. The minimum atomic E-state index is -0.246. The van der Waals surface area contributed by atoms with Crippen LogP contribution in [0.1, 0.15) is 33.1 Å². The van der Waals surface area contributed by atoms with Gasteiger partial charge in [-0.3, -0.25) is 24.1 Å². The number of likely N-dealkylation sites (tertiary alicyclic amines) is 1. The van der Waals surface area contributed by atoms with Crippen LogP contribution in [0.2, 0.25) is 0 Å². The molecule has 1 aliphatic rings. The lowest BCUT2D eigenvalue weighted by molar-refractivity contribution is -0.139. The van der Waals surface area contributed by atoms with Crippen LogP contribution in [0.25, 0.3) is 0 Å². The van der Waals surface area contributed by atoms with E-state index in [1.165, 1.54) is 11.8 Å². The van der Waals surface area contributed by atoms with E-state index in [1.54, 1.807) is 6.92 Å². The first kappa shape index (κ1) is 14.3. The van der Waals surface area contributed by atoms with Gasteiger partial charge < -0.3 is 5.32 Å². The summed E-state index contributed by atoms with van der Waals surface area (Å²) in [6, 6.07) is 0. The van der Waals surface area contributed by atoms with Crippen LogP contribution in [0.15, 0.2) is 0 Å². The highest BCUT2D eigenvalue weighted by molar-refractivity contribution is 6.03. The summed E-state index contributed by atoms with van der Waals surface area (Å²) >= 11 is 0. The van der Waals surface area contributed by atoms with Gasteiger partial charge in [-0.25, -0.2) is 0 Å². The number of hydrogen-bond acceptors (Lipinski definition) is 4. The fourth-order valence-corrected chi connectivity index (χ4v) is 1.79. The second-order valence-electron chi connectivity index (χ2n) is 4.57. The van der Waals surface area contributed by atoms with Gasteiger partial charge in [0.25, 0.3) is 0 Å².